The third-order valence-corrected chi connectivity index (χ3v) is 4.25. The monoisotopic (exact) mass is 406 g/mol. The highest BCUT2D eigenvalue weighted by Crippen LogP contribution is 2.36. The number of alkyl halides is 3. The third-order valence-electron chi connectivity index (χ3n) is 3.42. The lowest BCUT2D eigenvalue weighted by atomic mass is 10.1. The van der Waals surface area contributed by atoms with Gasteiger partial charge in [0.2, 0.25) is 0 Å². The van der Waals surface area contributed by atoms with E-state index in [1.807, 2.05) is 13.8 Å². The minimum Gasteiger partial charge on any atom is -0.473 e. The molecule has 140 valence electrons. The number of benzene rings is 2. The van der Waals surface area contributed by atoms with Crippen molar-refractivity contribution < 1.29 is 22.7 Å². The van der Waals surface area contributed by atoms with Crippen LogP contribution in [0.15, 0.2) is 30.3 Å². The fraction of sp³-hybridized carbons (Fsp3) is 0.235. The van der Waals surface area contributed by atoms with Gasteiger partial charge in [0.05, 0.1) is 11.3 Å². The number of rotatable bonds is 4. The van der Waals surface area contributed by atoms with E-state index in [1.54, 1.807) is 12.1 Å². The number of carbonyl (C=O) groups is 1. The summed E-state index contributed by atoms with van der Waals surface area (Å²) in [6.07, 6.45) is -4.65. The van der Waals surface area contributed by atoms with Gasteiger partial charge in [0, 0.05) is 10.0 Å². The lowest BCUT2D eigenvalue weighted by Gasteiger charge is -2.15. The lowest BCUT2D eigenvalue weighted by Crippen LogP contribution is -2.32. The van der Waals surface area contributed by atoms with Crippen LogP contribution < -0.4 is 15.4 Å². The largest absolute Gasteiger partial charge is 0.473 e. The van der Waals surface area contributed by atoms with Crippen LogP contribution in [-0.2, 0) is 6.18 Å². The molecular weight excluding hydrogens is 392 g/mol. The van der Waals surface area contributed by atoms with Crippen molar-refractivity contribution in [3.05, 3.63) is 57.1 Å². The number of aryl methyl sites for hydroxylation is 2. The van der Waals surface area contributed by atoms with Crippen LogP contribution in [0.5, 0.6) is 5.75 Å². The standard InChI is InChI=1S/C17H15Cl2F3N2O2/c1-9-5-12(6-10(2)15(9)19)26-8-23-16(25)24-14-4-3-11(18)7-13(14)17(20,21)22/h3-7H,8H2,1-2H3,(H2,23,24,25). The summed E-state index contributed by atoms with van der Waals surface area (Å²) in [5.74, 6) is 0.479. The molecule has 0 bridgehead atoms. The van der Waals surface area contributed by atoms with Crippen LogP contribution in [0.2, 0.25) is 10.0 Å². The van der Waals surface area contributed by atoms with Gasteiger partial charge in [-0.3, -0.25) is 0 Å². The minimum atomic E-state index is -4.65. The molecule has 0 aliphatic carbocycles. The van der Waals surface area contributed by atoms with Crippen LogP contribution in [0, 0.1) is 13.8 Å². The average molecular weight is 407 g/mol. The molecule has 2 rings (SSSR count). The molecule has 0 aliphatic rings. The molecule has 26 heavy (non-hydrogen) atoms. The fourth-order valence-electron chi connectivity index (χ4n) is 2.20. The molecule has 0 aromatic heterocycles. The molecule has 0 saturated carbocycles. The minimum absolute atomic E-state index is 0.0832. The molecule has 0 atom stereocenters. The van der Waals surface area contributed by atoms with Gasteiger partial charge in [-0.15, -0.1) is 0 Å². The number of halogens is 5. The molecule has 2 amide bonds. The maximum absolute atomic E-state index is 13.0. The number of nitrogens with one attached hydrogen (secondary N) is 2. The van der Waals surface area contributed by atoms with Gasteiger partial charge in [-0.25, -0.2) is 4.79 Å². The first kappa shape index (κ1) is 20.2. The van der Waals surface area contributed by atoms with Crippen LogP contribution in [0.1, 0.15) is 16.7 Å². The summed E-state index contributed by atoms with van der Waals surface area (Å²) < 4.78 is 44.4. The van der Waals surface area contributed by atoms with Crippen LogP contribution in [0.25, 0.3) is 0 Å². The Kier molecular flexibility index (Phi) is 6.26. The zero-order chi connectivity index (χ0) is 19.5. The van der Waals surface area contributed by atoms with Gasteiger partial charge < -0.3 is 15.4 Å². The molecule has 0 spiro atoms. The molecule has 0 fully saturated rings. The lowest BCUT2D eigenvalue weighted by molar-refractivity contribution is -0.136. The third kappa shape index (κ3) is 5.19. The Morgan fingerprint density at radius 2 is 1.73 bits per heavy atom. The van der Waals surface area contributed by atoms with E-state index in [9.17, 15) is 18.0 Å². The van der Waals surface area contributed by atoms with Crippen molar-refractivity contribution in [1.29, 1.82) is 0 Å². The Labute approximate surface area is 158 Å². The van der Waals surface area contributed by atoms with E-state index in [0.717, 1.165) is 23.3 Å². The number of anilines is 1. The Morgan fingerprint density at radius 3 is 2.31 bits per heavy atom. The molecule has 9 heteroatoms. The first-order chi connectivity index (χ1) is 12.1. The highest BCUT2D eigenvalue weighted by molar-refractivity contribution is 6.32. The van der Waals surface area contributed by atoms with Crippen molar-refractivity contribution in [2.24, 2.45) is 0 Å². The predicted molar refractivity (Wildman–Crippen MR) is 95.0 cm³/mol. The van der Waals surface area contributed by atoms with E-state index in [4.69, 9.17) is 27.9 Å². The number of ether oxygens (including phenoxy) is 1. The normalized spacial score (nSPS) is 11.2. The van der Waals surface area contributed by atoms with Crippen LogP contribution >= 0.6 is 23.2 Å². The molecule has 4 nitrogen and oxygen atoms in total. The summed E-state index contributed by atoms with van der Waals surface area (Å²) in [5, 5.41) is 4.99. The van der Waals surface area contributed by atoms with E-state index in [0.29, 0.717) is 10.8 Å². The number of hydrogen-bond acceptors (Lipinski definition) is 2. The number of amides is 2. The molecule has 0 heterocycles. The molecular formula is C17H15Cl2F3N2O2. The van der Waals surface area contributed by atoms with Crippen molar-refractivity contribution in [3.8, 4) is 5.75 Å². The molecule has 0 unspecified atom stereocenters. The second kappa shape index (κ2) is 8.05. The molecule has 0 radical (unpaired) electrons. The Balaban J connectivity index is 1.98. The molecule has 2 aromatic carbocycles. The molecule has 2 aromatic rings. The first-order valence-electron chi connectivity index (χ1n) is 7.39. The van der Waals surface area contributed by atoms with E-state index in [1.165, 1.54) is 6.07 Å². The van der Waals surface area contributed by atoms with Gasteiger partial charge in [0.25, 0.3) is 0 Å². The quantitative estimate of drug-likeness (QED) is 0.631. The average Bonchev–Trinajstić information content (AvgIpc) is 2.53. The zero-order valence-electron chi connectivity index (χ0n) is 13.8. The Hall–Kier alpha value is -2.12. The van der Waals surface area contributed by atoms with Crippen LogP contribution in [0.4, 0.5) is 23.7 Å². The van der Waals surface area contributed by atoms with Gasteiger partial charge in [0.1, 0.15) is 5.75 Å². The van der Waals surface area contributed by atoms with Gasteiger partial charge >= 0.3 is 12.2 Å². The topological polar surface area (TPSA) is 50.4 Å². The van der Waals surface area contributed by atoms with Crippen molar-refractivity contribution in [2.75, 3.05) is 12.0 Å². The van der Waals surface area contributed by atoms with E-state index >= 15 is 0 Å². The smallest absolute Gasteiger partial charge is 0.418 e. The number of carbonyl (C=O) groups excluding carboxylic acids is 1. The van der Waals surface area contributed by atoms with E-state index < -0.39 is 23.5 Å². The summed E-state index contributed by atoms with van der Waals surface area (Å²) in [7, 11) is 0. The van der Waals surface area contributed by atoms with Crippen LogP contribution in [-0.4, -0.2) is 12.8 Å². The van der Waals surface area contributed by atoms with Crippen molar-refractivity contribution in [1.82, 2.24) is 5.32 Å². The summed E-state index contributed by atoms with van der Waals surface area (Å²) in [6, 6.07) is 5.61. The SMILES string of the molecule is Cc1cc(OCNC(=O)Nc2ccc(Cl)cc2C(F)(F)F)cc(C)c1Cl. The number of hydrogen-bond donors (Lipinski definition) is 2. The summed E-state index contributed by atoms with van der Waals surface area (Å²) in [4.78, 5) is 11.8. The van der Waals surface area contributed by atoms with Crippen molar-refractivity contribution in [3.63, 3.8) is 0 Å². The second-order valence-electron chi connectivity index (χ2n) is 5.48. The number of urea groups is 1. The van der Waals surface area contributed by atoms with Crippen molar-refractivity contribution in [2.45, 2.75) is 20.0 Å². The highest BCUT2D eigenvalue weighted by atomic mass is 35.5. The summed E-state index contributed by atoms with van der Waals surface area (Å²) >= 11 is 11.6. The maximum Gasteiger partial charge on any atom is 0.418 e. The van der Waals surface area contributed by atoms with Crippen LogP contribution in [0.3, 0.4) is 0 Å². The van der Waals surface area contributed by atoms with Gasteiger partial charge in [-0.2, -0.15) is 13.2 Å². The van der Waals surface area contributed by atoms with Gasteiger partial charge in [-0.1, -0.05) is 23.2 Å². The van der Waals surface area contributed by atoms with E-state index in [-0.39, 0.29) is 11.8 Å². The zero-order valence-corrected chi connectivity index (χ0v) is 15.3. The summed E-state index contributed by atoms with van der Waals surface area (Å²) in [5.41, 5.74) is 0.173. The van der Waals surface area contributed by atoms with Gasteiger partial charge in [-0.05, 0) is 55.3 Å². The maximum atomic E-state index is 13.0. The van der Waals surface area contributed by atoms with Gasteiger partial charge in [0.15, 0.2) is 6.73 Å². The second-order valence-corrected chi connectivity index (χ2v) is 6.29. The first-order valence-corrected chi connectivity index (χ1v) is 8.14. The molecule has 0 aliphatic heterocycles. The highest BCUT2D eigenvalue weighted by Gasteiger charge is 2.34. The molecule has 0 saturated heterocycles. The van der Waals surface area contributed by atoms with E-state index in [2.05, 4.69) is 10.6 Å². The fourth-order valence-corrected chi connectivity index (χ4v) is 2.48. The molecule has 2 N–H and O–H groups in total. The Morgan fingerprint density at radius 1 is 1.12 bits per heavy atom. The van der Waals surface area contributed by atoms with Crippen molar-refractivity contribution >= 4 is 34.9 Å². The predicted octanol–water partition coefficient (Wildman–Crippen LogP) is 5.79. The Bertz CT molecular complexity index is 803. The summed E-state index contributed by atoms with van der Waals surface area (Å²) in [6.45, 7) is 3.38.